The van der Waals surface area contributed by atoms with Crippen molar-refractivity contribution in [2.24, 2.45) is 0 Å². The highest BCUT2D eigenvalue weighted by Gasteiger charge is 2.14. The highest BCUT2D eigenvalue weighted by molar-refractivity contribution is 7.09. The van der Waals surface area contributed by atoms with Gasteiger partial charge in [-0.2, -0.15) is 0 Å². The van der Waals surface area contributed by atoms with Crippen molar-refractivity contribution >= 4 is 35.5 Å². The van der Waals surface area contributed by atoms with Crippen molar-refractivity contribution in [1.29, 1.82) is 0 Å². The van der Waals surface area contributed by atoms with Crippen molar-refractivity contribution in [3.05, 3.63) is 57.9 Å². The minimum absolute atomic E-state index is 0. The molecule has 0 fully saturated rings. The molecule has 0 aliphatic heterocycles. The number of nitrogen functional groups attached to an aromatic ring is 1. The Morgan fingerprint density at radius 3 is 2.67 bits per heavy atom. The van der Waals surface area contributed by atoms with Gasteiger partial charge in [0.25, 0.3) is 5.91 Å². The van der Waals surface area contributed by atoms with Gasteiger partial charge in [0.15, 0.2) is 0 Å². The van der Waals surface area contributed by atoms with Crippen LogP contribution in [0, 0.1) is 0 Å². The summed E-state index contributed by atoms with van der Waals surface area (Å²) in [6.07, 6.45) is 0. The molecule has 2 aromatic heterocycles. The number of rotatable bonds is 9. The molecule has 0 aliphatic carbocycles. The number of amides is 1. The molecule has 0 unspecified atom stereocenters. The second-order valence-corrected chi connectivity index (χ2v) is 6.47. The molecule has 0 saturated carbocycles. The normalized spacial score (nSPS) is 10.2. The number of hydrogen-bond acceptors (Lipinski definition) is 8. The van der Waals surface area contributed by atoms with Crippen LogP contribution in [-0.2, 0) is 13.2 Å². The van der Waals surface area contributed by atoms with Crippen LogP contribution in [0.3, 0.4) is 0 Å². The summed E-state index contributed by atoms with van der Waals surface area (Å²) in [7, 11) is 0. The Kier molecular flexibility index (Phi) is 8.05. The van der Waals surface area contributed by atoms with Crippen molar-refractivity contribution < 1.29 is 14.2 Å². The van der Waals surface area contributed by atoms with E-state index in [0.29, 0.717) is 26.2 Å². The highest BCUT2D eigenvalue weighted by atomic mass is 35.5. The molecule has 0 atom stereocenters. The summed E-state index contributed by atoms with van der Waals surface area (Å²) in [5, 5.41) is 14.8. The number of nitrogens with zero attached hydrogens (tertiary/aromatic N) is 2. The van der Waals surface area contributed by atoms with E-state index in [1.54, 1.807) is 11.3 Å². The summed E-state index contributed by atoms with van der Waals surface area (Å²) in [4.78, 5) is 12.9. The Morgan fingerprint density at radius 2 is 2.00 bits per heavy atom. The lowest BCUT2D eigenvalue weighted by atomic mass is 10.2. The maximum absolute atomic E-state index is 11.7. The molecule has 10 heteroatoms. The molecule has 8 nitrogen and oxygen atoms in total. The molecule has 3 rings (SSSR count). The first-order valence-corrected chi connectivity index (χ1v) is 8.91. The number of benzene rings is 1. The van der Waals surface area contributed by atoms with Crippen molar-refractivity contribution in [2.75, 3.05) is 18.8 Å². The summed E-state index contributed by atoms with van der Waals surface area (Å²) < 4.78 is 10.1. The Balaban J connectivity index is 0.00000261. The summed E-state index contributed by atoms with van der Waals surface area (Å²) in [6.45, 7) is 2.32. The fourth-order valence-electron chi connectivity index (χ4n) is 2.19. The molecule has 27 heavy (non-hydrogen) atoms. The number of anilines is 1. The van der Waals surface area contributed by atoms with Crippen molar-refractivity contribution in [3.63, 3.8) is 0 Å². The molecule has 1 amide bonds. The number of carbonyl (C=O) groups excluding carboxylic acids is 1. The second kappa shape index (κ2) is 10.5. The van der Waals surface area contributed by atoms with Crippen LogP contribution in [0.5, 0.6) is 5.75 Å². The molecule has 0 aliphatic rings. The molecule has 3 aromatic rings. The molecule has 2 heterocycles. The molecule has 4 N–H and O–H groups in total. The predicted octanol–water partition coefficient (Wildman–Crippen LogP) is 2.23. The zero-order valence-electron chi connectivity index (χ0n) is 14.4. The van der Waals surface area contributed by atoms with E-state index in [2.05, 4.69) is 31.6 Å². The summed E-state index contributed by atoms with van der Waals surface area (Å²) in [5.74, 6) is 0.419. The van der Waals surface area contributed by atoms with E-state index in [0.717, 1.165) is 11.3 Å². The van der Waals surface area contributed by atoms with E-state index >= 15 is 0 Å². The lowest BCUT2D eigenvalue weighted by molar-refractivity contribution is 0.0944. The molecular formula is C17H20ClN5O3S. The molecule has 0 bridgehead atoms. The zero-order chi connectivity index (χ0) is 18.2. The number of carbonyl (C=O) groups is 1. The summed E-state index contributed by atoms with van der Waals surface area (Å²) in [5.41, 5.74) is 6.59. The van der Waals surface area contributed by atoms with E-state index in [9.17, 15) is 4.79 Å². The fourth-order valence-corrected chi connectivity index (χ4v) is 2.80. The first-order valence-electron chi connectivity index (χ1n) is 8.03. The molecule has 0 radical (unpaired) electrons. The highest BCUT2D eigenvalue weighted by Crippen LogP contribution is 2.16. The van der Waals surface area contributed by atoms with Gasteiger partial charge in [-0.05, 0) is 39.5 Å². The quantitative estimate of drug-likeness (QED) is 0.464. The predicted molar refractivity (Wildman–Crippen MR) is 105 cm³/mol. The standard InChI is InChI=1S/C17H19N5O3S.ClH/c18-16-15(21-25-22-16)17(23)20-8-7-19-10-12-3-5-13(6-4-12)24-11-14-2-1-9-26-14;/h1-6,9,19H,7-8,10-11H2,(H2,18,22)(H,20,23);1H. The van der Waals surface area contributed by atoms with Crippen LogP contribution in [-0.4, -0.2) is 29.3 Å². The van der Waals surface area contributed by atoms with Crippen LogP contribution >= 0.6 is 23.7 Å². The topological polar surface area (TPSA) is 115 Å². The van der Waals surface area contributed by atoms with Crippen molar-refractivity contribution in [1.82, 2.24) is 20.9 Å². The molecular weight excluding hydrogens is 390 g/mol. The molecule has 0 saturated heterocycles. The van der Waals surface area contributed by atoms with Gasteiger partial charge in [-0.25, -0.2) is 4.63 Å². The van der Waals surface area contributed by atoms with Crippen LogP contribution < -0.4 is 21.1 Å². The van der Waals surface area contributed by atoms with E-state index in [1.807, 2.05) is 35.7 Å². The van der Waals surface area contributed by atoms with Crippen molar-refractivity contribution in [3.8, 4) is 5.75 Å². The van der Waals surface area contributed by atoms with E-state index in [-0.39, 0.29) is 23.9 Å². The Labute approximate surface area is 166 Å². The third kappa shape index (κ3) is 6.24. The van der Waals surface area contributed by atoms with Crippen LogP contribution in [0.25, 0.3) is 0 Å². The summed E-state index contributed by atoms with van der Waals surface area (Å²) in [6, 6.07) is 12.0. The van der Waals surface area contributed by atoms with Crippen LogP contribution in [0.1, 0.15) is 20.9 Å². The minimum Gasteiger partial charge on any atom is -0.488 e. The molecule has 144 valence electrons. The van der Waals surface area contributed by atoms with Crippen LogP contribution in [0.15, 0.2) is 46.4 Å². The van der Waals surface area contributed by atoms with Gasteiger partial charge in [0.05, 0.1) is 0 Å². The average Bonchev–Trinajstić information content (AvgIpc) is 3.32. The van der Waals surface area contributed by atoms with Crippen molar-refractivity contribution in [2.45, 2.75) is 13.2 Å². The lowest BCUT2D eigenvalue weighted by Gasteiger charge is -2.08. The number of ether oxygens (including phenoxy) is 1. The maximum Gasteiger partial charge on any atom is 0.277 e. The van der Waals surface area contributed by atoms with Gasteiger partial charge in [0, 0.05) is 24.5 Å². The van der Waals surface area contributed by atoms with E-state index < -0.39 is 5.91 Å². The monoisotopic (exact) mass is 409 g/mol. The third-order valence-corrected chi connectivity index (χ3v) is 4.38. The number of thiophene rings is 1. The smallest absolute Gasteiger partial charge is 0.277 e. The Bertz CT molecular complexity index is 823. The van der Waals surface area contributed by atoms with Gasteiger partial charge in [-0.15, -0.1) is 23.7 Å². The third-order valence-electron chi connectivity index (χ3n) is 3.53. The number of aromatic nitrogens is 2. The lowest BCUT2D eigenvalue weighted by Crippen LogP contribution is -2.32. The van der Waals surface area contributed by atoms with Gasteiger partial charge in [0.1, 0.15) is 12.4 Å². The number of halogens is 1. The zero-order valence-corrected chi connectivity index (χ0v) is 16.0. The number of hydrogen-bond donors (Lipinski definition) is 3. The maximum atomic E-state index is 11.7. The summed E-state index contributed by atoms with van der Waals surface area (Å²) >= 11 is 1.68. The fraction of sp³-hybridized carbons (Fsp3) is 0.235. The first kappa shape index (κ1) is 20.7. The first-order chi connectivity index (χ1) is 12.7. The Morgan fingerprint density at radius 1 is 1.19 bits per heavy atom. The van der Waals surface area contributed by atoms with Gasteiger partial charge < -0.3 is 21.1 Å². The molecule has 0 spiro atoms. The van der Waals surface area contributed by atoms with Gasteiger partial charge in [0.2, 0.25) is 11.5 Å². The van der Waals surface area contributed by atoms with Crippen LogP contribution in [0.2, 0.25) is 0 Å². The van der Waals surface area contributed by atoms with Crippen LogP contribution in [0.4, 0.5) is 5.82 Å². The SMILES string of the molecule is Cl.Nc1nonc1C(=O)NCCNCc1ccc(OCc2cccs2)cc1. The second-order valence-electron chi connectivity index (χ2n) is 5.44. The minimum atomic E-state index is -0.405. The average molecular weight is 410 g/mol. The largest absolute Gasteiger partial charge is 0.488 e. The van der Waals surface area contributed by atoms with E-state index in [4.69, 9.17) is 10.5 Å². The van der Waals surface area contributed by atoms with Gasteiger partial charge >= 0.3 is 0 Å². The Hall–Kier alpha value is -2.62. The number of nitrogens with two attached hydrogens (primary N) is 1. The van der Waals surface area contributed by atoms with E-state index in [1.165, 1.54) is 4.88 Å². The number of nitrogens with one attached hydrogen (secondary N) is 2. The molecule has 1 aromatic carbocycles. The van der Waals surface area contributed by atoms with Gasteiger partial charge in [-0.1, -0.05) is 18.2 Å². The van der Waals surface area contributed by atoms with Gasteiger partial charge in [-0.3, -0.25) is 4.79 Å².